The van der Waals surface area contributed by atoms with E-state index in [1.807, 2.05) is 66.7 Å². The number of aliphatic hydroxyl groups excluding tert-OH is 1. The summed E-state index contributed by atoms with van der Waals surface area (Å²) in [4.78, 5) is 25.8. The smallest absolute Gasteiger partial charge is 0.422 e. The normalized spacial score (nSPS) is 15.6. The van der Waals surface area contributed by atoms with Crippen LogP contribution in [0.4, 0.5) is 14.9 Å². The maximum Gasteiger partial charge on any atom is 0.422 e. The average molecular weight is 746 g/mol. The van der Waals surface area contributed by atoms with E-state index < -0.39 is 58.1 Å². The zero-order valence-electron chi connectivity index (χ0n) is 29.8. The predicted octanol–water partition coefficient (Wildman–Crippen LogP) is 6.44. The highest BCUT2D eigenvalue weighted by Crippen LogP contribution is 2.44. The van der Waals surface area contributed by atoms with Crippen LogP contribution in [0.3, 0.4) is 0 Å². The number of aryl methyl sites for hydroxylation is 1. The second-order valence-corrected chi connectivity index (χ2v) is 15.1. The van der Waals surface area contributed by atoms with Crippen LogP contribution in [0.15, 0.2) is 110 Å². The molecule has 13 heteroatoms. The molecule has 0 saturated heterocycles. The molecule has 4 aromatic rings. The maximum absolute atomic E-state index is 17.4. The standard InChI is InChI=1S/C40H44FN3O8S/c1-5-23-50-39(47)43-53(48,49)44(25-33(45)52-40(2,3)4)37-32(51-26-27-15-9-6-10-16-27)24-30-21-22-31(38(46)34(30)35(37)41)42-36(28-17-11-7-12-18-28)29-19-13-8-14-20-29/h5-20,24,31,36,38,42,46H,1,21-23,25-26H2,2-4H3,(H,43,47)/t31-,38+/m1/s1. The largest absolute Gasteiger partial charge is 0.487 e. The summed E-state index contributed by atoms with van der Waals surface area (Å²) < 4.78 is 63.7. The van der Waals surface area contributed by atoms with Crippen molar-refractivity contribution >= 4 is 28.0 Å². The molecule has 5 rings (SSSR count). The number of ether oxygens (including phenoxy) is 3. The minimum atomic E-state index is -5.08. The number of benzene rings is 4. The van der Waals surface area contributed by atoms with Gasteiger partial charge in [-0.2, -0.15) is 8.42 Å². The number of anilines is 1. The van der Waals surface area contributed by atoms with E-state index in [-0.39, 0.29) is 30.6 Å². The summed E-state index contributed by atoms with van der Waals surface area (Å²) in [5.41, 5.74) is 1.03. The van der Waals surface area contributed by atoms with E-state index in [1.165, 1.54) is 12.1 Å². The number of hydrogen-bond donors (Lipinski definition) is 3. The van der Waals surface area contributed by atoms with Gasteiger partial charge in [-0.25, -0.2) is 18.2 Å². The lowest BCUT2D eigenvalue weighted by atomic mass is 9.83. The number of nitrogens with one attached hydrogen (secondary N) is 2. The van der Waals surface area contributed by atoms with Gasteiger partial charge in [0.25, 0.3) is 0 Å². The zero-order chi connectivity index (χ0) is 38.2. The Bertz CT molecular complexity index is 1950. The van der Waals surface area contributed by atoms with Gasteiger partial charge in [-0.1, -0.05) is 104 Å². The van der Waals surface area contributed by atoms with Crippen LogP contribution in [-0.4, -0.2) is 50.4 Å². The molecule has 0 aromatic heterocycles. The van der Waals surface area contributed by atoms with Crippen LogP contribution in [0.25, 0.3) is 0 Å². The number of fused-ring (bicyclic) bond motifs is 1. The lowest BCUT2D eigenvalue weighted by molar-refractivity contribution is -0.152. The number of rotatable bonds is 14. The number of nitrogens with zero attached hydrogens (tertiary/aromatic N) is 1. The molecule has 2 atom stereocenters. The van der Waals surface area contributed by atoms with Crippen molar-refractivity contribution in [3.8, 4) is 5.75 Å². The first-order chi connectivity index (χ1) is 25.3. The Morgan fingerprint density at radius 2 is 1.58 bits per heavy atom. The van der Waals surface area contributed by atoms with Crippen molar-refractivity contribution < 1.29 is 41.7 Å². The molecular weight excluding hydrogens is 702 g/mol. The van der Waals surface area contributed by atoms with Gasteiger partial charge in [0.2, 0.25) is 0 Å². The topological polar surface area (TPSA) is 144 Å². The highest BCUT2D eigenvalue weighted by molar-refractivity contribution is 7.91. The minimum Gasteiger partial charge on any atom is -0.487 e. The Morgan fingerprint density at radius 1 is 1.00 bits per heavy atom. The molecular formula is C40H44FN3O8S. The van der Waals surface area contributed by atoms with E-state index in [2.05, 4.69) is 11.9 Å². The van der Waals surface area contributed by atoms with Crippen molar-refractivity contribution in [3.05, 3.63) is 143 Å². The van der Waals surface area contributed by atoms with E-state index >= 15 is 4.39 Å². The number of esters is 1. The van der Waals surface area contributed by atoms with Crippen LogP contribution < -0.4 is 19.1 Å². The Kier molecular flexibility index (Phi) is 12.5. The highest BCUT2D eigenvalue weighted by Gasteiger charge is 2.40. The molecule has 0 bridgehead atoms. The monoisotopic (exact) mass is 745 g/mol. The minimum absolute atomic E-state index is 0.0935. The SMILES string of the molecule is C=CCOC(=O)NS(=O)(=O)N(CC(=O)OC(C)(C)C)c1c(OCc2ccccc2)cc2c(c1F)[C@@H](O)[C@H](NC(c1ccccc1)c1ccccc1)CC2. The molecule has 3 N–H and O–H groups in total. The predicted molar refractivity (Wildman–Crippen MR) is 199 cm³/mol. The van der Waals surface area contributed by atoms with E-state index in [9.17, 15) is 23.1 Å². The number of carbonyl (C=O) groups excluding carboxylic acids is 2. The van der Waals surface area contributed by atoms with E-state index in [0.29, 0.717) is 28.3 Å². The van der Waals surface area contributed by atoms with E-state index in [1.54, 1.807) is 49.8 Å². The summed E-state index contributed by atoms with van der Waals surface area (Å²) in [6, 6.07) is 28.6. The quantitative estimate of drug-likeness (QED) is 0.0982. The Balaban J connectivity index is 1.61. The van der Waals surface area contributed by atoms with Gasteiger partial charge in [0.1, 0.15) is 36.8 Å². The molecule has 1 aliphatic rings. The molecule has 0 heterocycles. The third-order valence-corrected chi connectivity index (χ3v) is 9.71. The maximum atomic E-state index is 17.4. The van der Waals surface area contributed by atoms with Gasteiger partial charge in [0.05, 0.1) is 12.1 Å². The summed E-state index contributed by atoms with van der Waals surface area (Å²) >= 11 is 0. The second kappa shape index (κ2) is 17.1. The summed E-state index contributed by atoms with van der Waals surface area (Å²) in [6.07, 6.45) is -0.925. The van der Waals surface area contributed by atoms with Crippen LogP contribution >= 0.6 is 0 Å². The van der Waals surface area contributed by atoms with Gasteiger partial charge in [-0.15, -0.1) is 0 Å². The molecule has 11 nitrogen and oxygen atoms in total. The van der Waals surface area contributed by atoms with E-state index in [4.69, 9.17) is 14.2 Å². The summed E-state index contributed by atoms with van der Waals surface area (Å²) in [5, 5.41) is 15.4. The first-order valence-electron chi connectivity index (χ1n) is 17.1. The van der Waals surface area contributed by atoms with Gasteiger partial charge in [0.15, 0.2) is 5.82 Å². The summed E-state index contributed by atoms with van der Waals surface area (Å²) in [6.45, 7) is 6.73. The molecule has 0 fully saturated rings. The molecule has 0 aliphatic heterocycles. The zero-order valence-corrected chi connectivity index (χ0v) is 30.6. The van der Waals surface area contributed by atoms with Crippen LogP contribution in [-0.2, 0) is 37.5 Å². The number of carbonyl (C=O) groups is 2. The third kappa shape index (κ3) is 10.0. The molecule has 1 amide bonds. The summed E-state index contributed by atoms with van der Waals surface area (Å²) in [5.74, 6) is -2.42. The first-order valence-corrected chi connectivity index (χ1v) is 18.6. The Morgan fingerprint density at radius 3 is 2.15 bits per heavy atom. The fourth-order valence-corrected chi connectivity index (χ4v) is 7.19. The number of halogens is 1. The van der Waals surface area contributed by atoms with Gasteiger partial charge < -0.3 is 24.6 Å². The molecule has 53 heavy (non-hydrogen) atoms. The van der Waals surface area contributed by atoms with Crippen molar-refractivity contribution in [3.63, 3.8) is 0 Å². The van der Waals surface area contributed by atoms with Crippen molar-refractivity contribution in [2.45, 2.75) is 64.0 Å². The van der Waals surface area contributed by atoms with Crippen molar-refractivity contribution in [2.75, 3.05) is 17.5 Å². The fourth-order valence-electron chi connectivity index (χ4n) is 6.12. The highest BCUT2D eigenvalue weighted by atomic mass is 32.2. The molecule has 280 valence electrons. The van der Waals surface area contributed by atoms with Crippen molar-refractivity contribution in [1.29, 1.82) is 0 Å². The molecule has 0 unspecified atom stereocenters. The molecule has 0 spiro atoms. The average Bonchev–Trinajstić information content (AvgIpc) is 3.12. The van der Waals surface area contributed by atoms with Crippen LogP contribution in [0.2, 0.25) is 0 Å². The molecule has 0 saturated carbocycles. The number of hydrogen-bond acceptors (Lipinski definition) is 9. The van der Waals surface area contributed by atoms with Crippen LogP contribution in [0.5, 0.6) is 5.75 Å². The van der Waals surface area contributed by atoms with Crippen LogP contribution in [0, 0.1) is 5.82 Å². The second-order valence-electron chi connectivity index (χ2n) is 13.5. The van der Waals surface area contributed by atoms with Crippen molar-refractivity contribution in [2.24, 2.45) is 0 Å². The Labute approximate surface area is 309 Å². The lowest BCUT2D eigenvalue weighted by Crippen LogP contribution is -2.48. The van der Waals surface area contributed by atoms with E-state index in [0.717, 1.165) is 11.1 Å². The van der Waals surface area contributed by atoms with Gasteiger partial charge in [-0.05, 0) is 61.9 Å². The Hall–Kier alpha value is -5.24. The fraction of sp³-hybridized carbons (Fsp3) is 0.300. The molecule has 1 aliphatic carbocycles. The van der Waals surface area contributed by atoms with Crippen molar-refractivity contribution in [1.82, 2.24) is 10.0 Å². The third-order valence-electron chi connectivity index (χ3n) is 8.39. The van der Waals surface area contributed by atoms with Gasteiger partial charge >= 0.3 is 22.3 Å². The number of aliphatic hydroxyl groups is 1. The summed E-state index contributed by atoms with van der Waals surface area (Å²) in [7, 11) is -5.08. The van der Waals surface area contributed by atoms with Gasteiger partial charge in [0, 0.05) is 11.6 Å². The van der Waals surface area contributed by atoms with Gasteiger partial charge in [-0.3, -0.25) is 4.79 Å². The molecule has 0 radical (unpaired) electrons. The first kappa shape index (κ1) is 39.0. The molecule has 4 aromatic carbocycles. The lowest BCUT2D eigenvalue weighted by Gasteiger charge is -2.36. The van der Waals surface area contributed by atoms with Crippen LogP contribution in [0.1, 0.15) is 67.2 Å². The number of amides is 1.